The molecule has 6 heteroatoms. The van der Waals surface area contributed by atoms with Gasteiger partial charge in [0.05, 0.1) is 12.7 Å². The molecule has 25 heavy (non-hydrogen) atoms. The summed E-state index contributed by atoms with van der Waals surface area (Å²) < 4.78 is 18.9. The van der Waals surface area contributed by atoms with Crippen LogP contribution in [-0.4, -0.2) is 25.0 Å². The van der Waals surface area contributed by atoms with E-state index in [2.05, 4.69) is 10.6 Å². The number of carbonyl (C=O) groups is 2. The van der Waals surface area contributed by atoms with E-state index in [0.717, 1.165) is 0 Å². The van der Waals surface area contributed by atoms with Crippen LogP contribution in [0.4, 0.5) is 10.1 Å². The summed E-state index contributed by atoms with van der Waals surface area (Å²) in [6.45, 7) is 3.61. The molecule has 132 valence electrons. The minimum atomic E-state index is -0.807. The van der Waals surface area contributed by atoms with Gasteiger partial charge in [0.2, 0.25) is 5.91 Å². The Morgan fingerprint density at radius 2 is 1.80 bits per heavy atom. The van der Waals surface area contributed by atoms with Crippen LogP contribution in [0.1, 0.15) is 24.2 Å². The number of hydrogen-bond acceptors (Lipinski definition) is 3. The van der Waals surface area contributed by atoms with Crippen LogP contribution < -0.4 is 15.4 Å². The Morgan fingerprint density at radius 1 is 1.08 bits per heavy atom. The molecule has 0 saturated carbocycles. The molecule has 0 aromatic heterocycles. The van der Waals surface area contributed by atoms with Gasteiger partial charge in [0.15, 0.2) is 0 Å². The fourth-order valence-corrected chi connectivity index (χ4v) is 2.32. The summed E-state index contributed by atoms with van der Waals surface area (Å²) in [5.74, 6) is -1.21. The number of ether oxygens (including phenoxy) is 1. The van der Waals surface area contributed by atoms with Crippen LogP contribution in [-0.2, 0) is 4.79 Å². The lowest BCUT2D eigenvalue weighted by molar-refractivity contribution is -0.118. The van der Waals surface area contributed by atoms with Crippen molar-refractivity contribution in [1.82, 2.24) is 5.32 Å². The maximum atomic E-state index is 13.7. The molecule has 0 radical (unpaired) electrons. The Bertz CT molecular complexity index is 762. The van der Waals surface area contributed by atoms with Crippen molar-refractivity contribution >= 4 is 17.5 Å². The number of anilines is 1. The zero-order valence-electron chi connectivity index (χ0n) is 14.4. The van der Waals surface area contributed by atoms with Crippen LogP contribution in [0, 0.1) is 11.7 Å². The minimum absolute atomic E-state index is 0.0951. The standard InChI is InChI=1S/C19H21FN2O3/c1-12(2)17(22-18(23)15-9-4-5-10-16(15)20)19(24)21-13-7-6-8-14(11-13)25-3/h4-12,17H,1-3H3,(H,21,24)(H,22,23). The summed E-state index contributed by atoms with van der Waals surface area (Å²) >= 11 is 0. The highest BCUT2D eigenvalue weighted by Gasteiger charge is 2.25. The van der Waals surface area contributed by atoms with Gasteiger partial charge in [-0.2, -0.15) is 0 Å². The third-order valence-corrected chi connectivity index (χ3v) is 3.69. The highest BCUT2D eigenvalue weighted by molar-refractivity contribution is 6.01. The molecule has 0 spiro atoms. The van der Waals surface area contributed by atoms with Crippen molar-refractivity contribution in [2.45, 2.75) is 19.9 Å². The molecule has 1 unspecified atom stereocenters. The molecule has 0 aliphatic carbocycles. The largest absolute Gasteiger partial charge is 0.497 e. The van der Waals surface area contributed by atoms with E-state index < -0.39 is 17.8 Å². The van der Waals surface area contributed by atoms with Crippen LogP contribution in [0.2, 0.25) is 0 Å². The summed E-state index contributed by atoms with van der Waals surface area (Å²) in [6.07, 6.45) is 0. The first kappa shape index (κ1) is 18.4. The van der Waals surface area contributed by atoms with E-state index in [4.69, 9.17) is 4.74 Å². The van der Waals surface area contributed by atoms with Crippen LogP contribution >= 0.6 is 0 Å². The molecule has 0 aliphatic rings. The number of methoxy groups -OCH3 is 1. The van der Waals surface area contributed by atoms with Gasteiger partial charge in [-0.3, -0.25) is 9.59 Å². The highest BCUT2D eigenvalue weighted by Crippen LogP contribution is 2.18. The Kier molecular flexibility index (Phi) is 6.11. The molecule has 0 heterocycles. The van der Waals surface area contributed by atoms with E-state index in [1.807, 2.05) is 0 Å². The molecule has 5 nitrogen and oxygen atoms in total. The Morgan fingerprint density at radius 3 is 2.44 bits per heavy atom. The van der Waals surface area contributed by atoms with Gasteiger partial charge in [0.25, 0.3) is 5.91 Å². The fraction of sp³-hybridized carbons (Fsp3) is 0.263. The van der Waals surface area contributed by atoms with Gasteiger partial charge in [-0.05, 0) is 30.2 Å². The van der Waals surface area contributed by atoms with Gasteiger partial charge < -0.3 is 15.4 Å². The first-order chi connectivity index (χ1) is 11.9. The number of amides is 2. The molecule has 1 atom stereocenters. The predicted molar refractivity (Wildman–Crippen MR) is 94.1 cm³/mol. The van der Waals surface area contributed by atoms with E-state index in [9.17, 15) is 14.0 Å². The van der Waals surface area contributed by atoms with Gasteiger partial charge in [-0.15, -0.1) is 0 Å². The molecular formula is C19H21FN2O3. The van der Waals surface area contributed by atoms with Gasteiger partial charge in [-0.1, -0.05) is 32.0 Å². The molecule has 2 aromatic carbocycles. The van der Waals surface area contributed by atoms with Gasteiger partial charge >= 0.3 is 0 Å². The van der Waals surface area contributed by atoms with Crippen LogP contribution in [0.5, 0.6) is 5.75 Å². The third kappa shape index (κ3) is 4.79. The van der Waals surface area contributed by atoms with E-state index in [0.29, 0.717) is 11.4 Å². The summed E-state index contributed by atoms with van der Waals surface area (Å²) in [4.78, 5) is 24.8. The minimum Gasteiger partial charge on any atom is -0.497 e. The Labute approximate surface area is 146 Å². The molecule has 0 saturated heterocycles. The average molecular weight is 344 g/mol. The van der Waals surface area contributed by atoms with Crippen molar-refractivity contribution in [2.24, 2.45) is 5.92 Å². The van der Waals surface area contributed by atoms with Crippen molar-refractivity contribution in [3.63, 3.8) is 0 Å². The number of nitrogens with one attached hydrogen (secondary N) is 2. The lowest BCUT2D eigenvalue weighted by Crippen LogP contribution is -2.47. The first-order valence-corrected chi connectivity index (χ1v) is 7.92. The van der Waals surface area contributed by atoms with E-state index >= 15 is 0 Å². The number of benzene rings is 2. The Balaban J connectivity index is 2.13. The number of carbonyl (C=O) groups excluding carboxylic acids is 2. The van der Waals surface area contributed by atoms with Crippen molar-refractivity contribution in [3.05, 3.63) is 59.9 Å². The van der Waals surface area contributed by atoms with Crippen molar-refractivity contribution < 1.29 is 18.7 Å². The quantitative estimate of drug-likeness (QED) is 0.845. The molecular weight excluding hydrogens is 323 g/mol. The maximum Gasteiger partial charge on any atom is 0.254 e. The van der Waals surface area contributed by atoms with Gasteiger partial charge in [0.1, 0.15) is 17.6 Å². The van der Waals surface area contributed by atoms with Gasteiger partial charge in [0, 0.05) is 11.8 Å². The zero-order chi connectivity index (χ0) is 18.4. The van der Waals surface area contributed by atoms with Crippen LogP contribution in [0.15, 0.2) is 48.5 Å². The molecule has 2 aromatic rings. The Hall–Kier alpha value is -2.89. The van der Waals surface area contributed by atoms with Crippen LogP contribution in [0.3, 0.4) is 0 Å². The zero-order valence-corrected chi connectivity index (χ0v) is 14.4. The number of rotatable bonds is 6. The second kappa shape index (κ2) is 8.28. The van der Waals surface area contributed by atoms with Crippen LogP contribution in [0.25, 0.3) is 0 Å². The molecule has 2 N–H and O–H groups in total. The van der Waals surface area contributed by atoms with E-state index in [1.54, 1.807) is 44.2 Å². The third-order valence-electron chi connectivity index (χ3n) is 3.69. The lowest BCUT2D eigenvalue weighted by atomic mass is 10.0. The van der Waals surface area contributed by atoms with Gasteiger partial charge in [-0.25, -0.2) is 4.39 Å². The molecule has 0 bridgehead atoms. The second-order valence-electron chi connectivity index (χ2n) is 5.90. The maximum absolute atomic E-state index is 13.7. The summed E-state index contributed by atoms with van der Waals surface area (Å²) in [5, 5.41) is 5.34. The number of halogens is 1. The molecule has 2 amide bonds. The smallest absolute Gasteiger partial charge is 0.254 e. The lowest BCUT2D eigenvalue weighted by Gasteiger charge is -2.22. The summed E-state index contributed by atoms with van der Waals surface area (Å²) in [6, 6.07) is 11.7. The second-order valence-corrected chi connectivity index (χ2v) is 5.90. The SMILES string of the molecule is COc1cccc(NC(=O)C(NC(=O)c2ccccc2F)C(C)C)c1. The predicted octanol–water partition coefficient (Wildman–Crippen LogP) is 3.23. The van der Waals surface area contributed by atoms with E-state index in [-0.39, 0.29) is 17.4 Å². The summed E-state index contributed by atoms with van der Waals surface area (Å²) in [5.41, 5.74) is 0.456. The molecule has 2 rings (SSSR count). The topological polar surface area (TPSA) is 67.4 Å². The van der Waals surface area contributed by atoms with Crippen molar-refractivity contribution in [2.75, 3.05) is 12.4 Å². The monoisotopic (exact) mass is 344 g/mol. The van der Waals surface area contributed by atoms with E-state index in [1.165, 1.54) is 25.3 Å². The average Bonchev–Trinajstić information content (AvgIpc) is 2.59. The van der Waals surface area contributed by atoms with Crippen molar-refractivity contribution in [1.29, 1.82) is 0 Å². The fourth-order valence-electron chi connectivity index (χ4n) is 2.32. The number of hydrogen-bond donors (Lipinski definition) is 2. The molecule has 0 aliphatic heterocycles. The first-order valence-electron chi connectivity index (χ1n) is 7.92. The van der Waals surface area contributed by atoms with Crippen molar-refractivity contribution in [3.8, 4) is 5.75 Å². The highest BCUT2D eigenvalue weighted by atomic mass is 19.1. The molecule has 0 fully saturated rings. The normalized spacial score (nSPS) is 11.7. The summed E-state index contributed by atoms with van der Waals surface area (Å²) in [7, 11) is 1.53.